The molecule has 0 bridgehead atoms. The highest BCUT2D eigenvalue weighted by Gasteiger charge is 2.70. The summed E-state index contributed by atoms with van der Waals surface area (Å²) in [4.78, 5) is 76.4. The number of halogens is 5. The third-order valence-electron chi connectivity index (χ3n) is 17.7. The van der Waals surface area contributed by atoms with Crippen molar-refractivity contribution >= 4 is 52.5 Å². The Morgan fingerprint density at radius 3 is 2.54 bits per heavy atom. The number of piperidine rings is 2. The lowest BCUT2D eigenvalue weighted by Crippen LogP contribution is -2.61. The van der Waals surface area contributed by atoms with E-state index < -0.39 is 52.6 Å². The van der Waals surface area contributed by atoms with Crippen LogP contribution in [0.4, 0.5) is 28.9 Å². The second-order valence-corrected chi connectivity index (χ2v) is 22.8. The van der Waals surface area contributed by atoms with Gasteiger partial charge in [0.1, 0.15) is 29.9 Å². The molecule has 12 rings (SSSR count). The first-order chi connectivity index (χ1) is 35.3. The number of rotatable bonds is 4. The lowest BCUT2D eigenvalue weighted by atomic mass is 9.53. The van der Waals surface area contributed by atoms with E-state index in [0.717, 1.165) is 49.3 Å². The van der Waals surface area contributed by atoms with Gasteiger partial charge in [-0.05, 0) is 109 Å². The van der Waals surface area contributed by atoms with E-state index >= 15 is 9.18 Å². The van der Waals surface area contributed by atoms with Gasteiger partial charge in [0, 0.05) is 89.5 Å². The molecule has 5 amide bonds. The molecule has 384 valence electrons. The number of carbonyl (C=O) groups is 5. The molecule has 5 fully saturated rings. The largest absolute Gasteiger partial charge is 0.490 e. The van der Waals surface area contributed by atoms with Crippen LogP contribution in [0.2, 0.25) is 5.02 Å². The first kappa shape index (κ1) is 48.4. The highest BCUT2D eigenvalue weighted by atomic mass is 35.5. The van der Waals surface area contributed by atoms with Gasteiger partial charge in [0.25, 0.3) is 11.8 Å². The van der Waals surface area contributed by atoms with Crippen LogP contribution in [-0.2, 0) is 32.5 Å². The molecule has 3 N–H and O–H groups in total. The van der Waals surface area contributed by atoms with Crippen LogP contribution in [-0.4, -0.2) is 94.7 Å². The molecule has 74 heavy (non-hydrogen) atoms. The van der Waals surface area contributed by atoms with Crippen molar-refractivity contribution < 1.29 is 46.3 Å². The average molecular weight is 1030 g/mol. The van der Waals surface area contributed by atoms with Gasteiger partial charge in [0.2, 0.25) is 17.7 Å². The second-order valence-electron chi connectivity index (χ2n) is 22.4. The van der Waals surface area contributed by atoms with Gasteiger partial charge in [-0.2, -0.15) is 13.2 Å². The second kappa shape index (κ2) is 17.3. The minimum atomic E-state index is -4.70. The maximum absolute atomic E-state index is 16.7. The summed E-state index contributed by atoms with van der Waals surface area (Å²) in [6.45, 7) is 5.97. The number of hydrogen-bond donors (Lipinski definition) is 3. The summed E-state index contributed by atoms with van der Waals surface area (Å²) in [5.74, 6) is 4.06. The highest BCUT2D eigenvalue weighted by Crippen LogP contribution is 2.65. The van der Waals surface area contributed by atoms with Gasteiger partial charge in [-0.3, -0.25) is 39.6 Å². The maximum Gasteiger partial charge on any atom is 0.433 e. The van der Waals surface area contributed by atoms with Gasteiger partial charge in [-0.25, -0.2) is 4.39 Å². The van der Waals surface area contributed by atoms with Crippen molar-refractivity contribution in [3.63, 3.8) is 0 Å². The standard InChI is InChI=1S/C56H54ClF4N7O6/c1-52(2)16-5-17-54(29-52)55(30-63-39-25-43(56(59,60)61)62-27-37(39)55)45(35-8-4-9-38(57)46(35)58)47(65-54)51(73)67-22-23-74-42-24-32(11-13-40(42)67)49(71)66-20-18-53(19-21-66)26-33(53)12-10-31-6-3-7-34-36(31)28-68(50(34)72)41-14-15-44(69)64-48(41)70/h3-4,6-9,11,13,24-25,27,33,41,45,47,63,65H,5,14-23,26,28-30H2,1-2H3,(H,64,69,70)/t33-,41-,45-,47+,54-,55+/m0/s1. The number of nitrogens with one attached hydrogen (secondary N) is 3. The van der Waals surface area contributed by atoms with E-state index in [-0.39, 0.29) is 95.7 Å². The fourth-order valence-corrected chi connectivity index (χ4v) is 14.3. The van der Waals surface area contributed by atoms with Gasteiger partial charge in [0.15, 0.2) is 0 Å². The van der Waals surface area contributed by atoms with Gasteiger partial charge in [-0.15, -0.1) is 0 Å². The monoisotopic (exact) mass is 1030 g/mol. The smallest absolute Gasteiger partial charge is 0.433 e. The topological polar surface area (TPSA) is 153 Å². The number of pyridine rings is 1. The number of carbonyl (C=O) groups excluding carboxylic acids is 5. The minimum absolute atomic E-state index is 0.0278. The Morgan fingerprint density at radius 1 is 0.973 bits per heavy atom. The van der Waals surface area contributed by atoms with Gasteiger partial charge in [-0.1, -0.05) is 61.9 Å². The van der Waals surface area contributed by atoms with Crippen LogP contribution in [0, 0.1) is 34.4 Å². The Bertz CT molecular complexity index is 3170. The molecule has 7 heterocycles. The zero-order chi connectivity index (χ0) is 51.7. The van der Waals surface area contributed by atoms with Crippen LogP contribution < -0.4 is 25.6 Å². The molecular formula is C56H54ClF4N7O6. The van der Waals surface area contributed by atoms with Crippen LogP contribution >= 0.6 is 11.6 Å². The maximum atomic E-state index is 16.7. The average Bonchev–Trinajstić information content (AvgIpc) is 3.63. The Hall–Kier alpha value is -6.51. The summed E-state index contributed by atoms with van der Waals surface area (Å²) >= 11 is 6.50. The van der Waals surface area contributed by atoms with Crippen LogP contribution in [0.1, 0.15) is 126 Å². The number of ether oxygens (including phenoxy) is 1. The molecule has 18 heteroatoms. The number of likely N-dealkylation sites (tertiary alicyclic amines) is 1. The summed E-state index contributed by atoms with van der Waals surface area (Å²) in [5.41, 5.74) is 0.457. The van der Waals surface area contributed by atoms with Crippen molar-refractivity contribution in [1.82, 2.24) is 25.4 Å². The van der Waals surface area contributed by atoms with E-state index in [1.807, 2.05) is 11.0 Å². The summed E-state index contributed by atoms with van der Waals surface area (Å²) in [6, 6.07) is 14.4. The van der Waals surface area contributed by atoms with Crippen molar-refractivity contribution in [3.05, 3.63) is 117 Å². The van der Waals surface area contributed by atoms with E-state index in [9.17, 15) is 32.3 Å². The number of nitrogens with zero attached hydrogens (tertiary/aromatic N) is 4. The minimum Gasteiger partial charge on any atom is -0.490 e. The summed E-state index contributed by atoms with van der Waals surface area (Å²) in [6.07, 6.45) is 2.21. The number of fused-ring (bicyclic) bond motifs is 5. The molecule has 6 atom stereocenters. The highest BCUT2D eigenvalue weighted by molar-refractivity contribution is 6.30. The van der Waals surface area contributed by atoms with E-state index in [1.54, 1.807) is 47.4 Å². The number of aromatic nitrogens is 1. The van der Waals surface area contributed by atoms with Crippen LogP contribution in [0.5, 0.6) is 5.75 Å². The molecule has 1 aromatic heterocycles. The fourth-order valence-electron chi connectivity index (χ4n) is 14.1. The van der Waals surface area contributed by atoms with Gasteiger partial charge in [0.05, 0.1) is 23.3 Å². The Morgan fingerprint density at radius 2 is 1.77 bits per heavy atom. The molecule has 4 aromatic rings. The molecule has 0 unspecified atom stereocenters. The molecule has 2 aliphatic carbocycles. The van der Waals surface area contributed by atoms with Crippen LogP contribution in [0.25, 0.3) is 0 Å². The van der Waals surface area contributed by atoms with E-state index in [0.29, 0.717) is 54.1 Å². The predicted octanol–water partition coefficient (Wildman–Crippen LogP) is 8.13. The number of benzene rings is 3. The van der Waals surface area contributed by atoms with Crippen molar-refractivity contribution in [2.24, 2.45) is 16.7 Å². The van der Waals surface area contributed by atoms with Gasteiger partial charge >= 0.3 is 6.18 Å². The quantitative estimate of drug-likeness (QED) is 0.105. The number of imide groups is 1. The number of anilines is 2. The number of alkyl halides is 3. The Labute approximate surface area is 430 Å². The molecule has 6 aliphatic heterocycles. The predicted molar refractivity (Wildman–Crippen MR) is 265 cm³/mol. The Kier molecular flexibility index (Phi) is 11.3. The third kappa shape index (κ3) is 7.67. The van der Waals surface area contributed by atoms with E-state index in [1.165, 1.54) is 17.2 Å². The lowest BCUT2D eigenvalue weighted by Gasteiger charge is -2.52. The number of amides is 5. The summed E-state index contributed by atoms with van der Waals surface area (Å²) in [5, 5.41) is 9.28. The first-order valence-corrected chi connectivity index (χ1v) is 25.9. The normalized spacial score (nSPS) is 28.3. The third-order valence-corrected chi connectivity index (χ3v) is 18.0. The zero-order valence-corrected chi connectivity index (χ0v) is 41.7. The molecule has 0 radical (unpaired) electrons. The molecule has 8 aliphatic rings. The van der Waals surface area contributed by atoms with E-state index in [2.05, 4.69) is 46.6 Å². The van der Waals surface area contributed by atoms with E-state index in [4.69, 9.17) is 16.3 Å². The molecular weight excluding hydrogens is 978 g/mol. The first-order valence-electron chi connectivity index (χ1n) is 25.5. The van der Waals surface area contributed by atoms with Crippen molar-refractivity contribution in [3.8, 4) is 17.6 Å². The van der Waals surface area contributed by atoms with Crippen molar-refractivity contribution in [2.75, 3.05) is 43.0 Å². The molecule has 3 spiro atoms. The molecule has 3 aromatic carbocycles. The molecule has 2 saturated carbocycles. The summed E-state index contributed by atoms with van der Waals surface area (Å²) < 4.78 is 65.2. The fraction of sp³-hybridized carbons (Fsp3) is 0.464. The van der Waals surface area contributed by atoms with Crippen LogP contribution in [0.15, 0.2) is 66.9 Å². The zero-order valence-electron chi connectivity index (χ0n) is 40.9. The summed E-state index contributed by atoms with van der Waals surface area (Å²) in [7, 11) is 0. The van der Waals surface area contributed by atoms with Gasteiger partial charge < -0.3 is 24.8 Å². The molecule has 13 nitrogen and oxygen atoms in total. The van der Waals surface area contributed by atoms with Crippen LogP contribution in [0.3, 0.4) is 0 Å². The van der Waals surface area contributed by atoms with Crippen molar-refractivity contribution in [2.45, 2.75) is 113 Å². The number of hydrogen-bond acceptors (Lipinski definition) is 9. The Balaban J connectivity index is 0.779. The van der Waals surface area contributed by atoms with Crippen molar-refractivity contribution in [1.29, 1.82) is 0 Å². The molecule has 3 saturated heterocycles. The SMILES string of the molecule is CC1(C)CCC[C@@]2(C1)N[C@@H](C(=O)N1CCOc3cc(C(=O)N4CCC5(CC4)C[C@@H]5C#Cc4cccc5c4CN([C@H]4CCC(=O)NC4=O)C5=O)ccc31)[C@H](c1cccc(Cl)c1F)[C@]21CNc2cc(C(F)(F)F)ncc21. The lowest BCUT2D eigenvalue weighted by molar-refractivity contribution is -0.141.